The van der Waals surface area contributed by atoms with Crippen molar-refractivity contribution >= 4 is 15.7 Å². The minimum atomic E-state index is -3.52. The number of hydrogen-bond acceptors (Lipinski definition) is 3. The zero-order chi connectivity index (χ0) is 13.8. The zero-order valence-electron chi connectivity index (χ0n) is 10.9. The molecule has 0 atom stereocenters. The summed E-state index contributed by atoms with van der Waals surface area (Å²) in [5.74, 6) is 5.53. The van der Waals surface area contributed by atoms with Gasteiger partial charge in [-0.25, -0.2) is 13.1 Å². The predicted octanol–water partition coefficient (Wildman–Crippen LogP) is 1.58. The van der Waals surface area contributed by atoms with Crippen molar-refractivity contribution in [3.63, 3.8) is 0 Å². The van der Waals surface area contributed by atoms with E-state index in [0.717, 1.165) is 0 Å². The molecule has 0 saturated carbocycles. The lowest BCUT2D eigenvalue weighted by molar-refractivity contribution is 0.581. The van der Waals surface area contributed by atoms with E-state index >= 15 is 0 Å². The Morgan fingerprint density at radius 1 is 1.33 bits per heavy atom. The fraction of sp³-hybridized carbons (Fsp3) is 0.385. The van der Waals surface area contributed by atoms with E-state index in [1.165, 1.54) is 0 Å². The van der Waals surface area contributed by atoms with Crippen LogP contribution in [0.3, 0.4) is 0 Å². The van der Waals surface area contributed by atoms with E-state index in [4.69, 9.17) is 5.73 Å². The number of sulfonamides is 1. The molecule has 0 radical (unpaired) electrons. The summed E-state index contributed by atoms with van der Waals surface area (Å²) in [5, 5.41) is 0. The SMILES string of the molecule is CC#CCCNS(=O)(=O)c1c(C)ccc(N)c1C. The van der Waals surface area contributed by atoms with E-state index < -0.39 is 10.0 Å². The fourth-order valence-electron chi connectivity index (χ4n) is 1.70. The molecule has 0 aliphatic rings. The number of aryl methyl sites for hydroxylation is 1. The molecule has 4 nitrogen and oxygen atoms in total. The van der Waals surface area contributed by atoms with Gasteiger partial charge >= 0.3 is 0 Å². The summed E-state index contributed by atoms with van der Waals surface area (Å²) in [6.45, 7) is 5.49. The summed E-state index contributed by atoms with van der Waals surface area (Å²) in [7, 11) is -3.52. The maximum atomic E-state index is 12.2. The van der Waals surface area contributed by atoms with Crippen molar-refractivity contribution in [2.75, 3.05) is 12.3 Å². The summed E-state index contributed by atoms with van der Waals surface area (Å²) < 4.78 is 26.9. The minimum absolute atomic E-state index is 0.270. The molecule has 0 aliphatic carbocycles. The Morgan fingerprint density at radius 2 is 2.00 bits per heavy atom. The Balaban J connectivity index is 3.04. The third kappa shape index (κ3) is 3.25. The highest BCUT2D eigenvalue weighted by molar-refractivity contribution is 7.89. The number of nitrogens with two attached hydrogens (primary N) is 1. The number of nitrogens with one attached hydrogen (secondary N) is 1. The average Bonchev–Trinajstić information content (AvgIpc) is 2.30. The third-order valence-electron chi connectivity index (χ3n) is 2.63. The zero-order valence-corrected chi connectivity index (χ0v) is 11.7. The van der Waals surface area contributed by atoms with Gasteiger partial charge in [0.05, 0.1) is 4.90 Å². The topological polar surface area (TPSA) is 72.2 Å². The lowest BCUT2D eigenvalue weighted by Crippen LogP contribution is -2.26. The normalized spacial score (nSPS) is 10.8. The molecule has 98 valence electrons. The molecule has 1 aromatic rings. The predicted molar refractivity (Wildman–Crippen MR) is 73.6 cm³/mol. The monoisotopic (exact) mass is 266 g/mol. The quantitative estimate of drug-likeness (QED) is 0.494. The smallest absolute Gasteiger partial charge is 0.241 e. The number of benzene rings is 1. The highest BCUT2D eigenvalue weighted by atomic mass is 32.2. The molecule has 5 heteroatoms. The largest absolute Gasteiger partial charge is 0.398 e. The Kier molecular flexibility index (Phi) is 4.76. The number of nitrogen functional groups attached to an aromatic ring is 1. The van der Waals surface area contributed by atoms with Crippen molar-refractivity contribution in [3.05, 3.63) is 23.3 Å². The fourth-order valence-corrected chi connectivity index (χ4v) is 3.23. The van der Waals surface area contributed by atoms with Crippen LogP contribution in [0.5, 0.6) is 0 Å². The number of anilines is 1. The number of hydrogen-bond donors (Lipinski definition) is 2. The van der Waals surface area contributed by atoms with E-state index in [1.807, 2.05) is 0 Å². The molecule has 0 spiro atoms. The van der Waals surface area contributed by atoms with Crippen molar-refractivity contribution in [2.24, 2.45) is 0 Å². The summed E-state index contributed by atoms with van der Waals surface area (Å²) in [4.78, 5) is 0.270. The maximum Gasteiger partial charge on any atom is 0.241 e. The first-order valence-electron chi connectivity index (χ1n) is 5.65. The first-order valence-corrected chi connectivity index (χ1v) is 7.13. The highest BCUT2D eigenvalue weighted by Gasteiger charge is 2.19. The van der Waals surface area contributed by atoms with Crippen LogP contribution in [0.2, 0.25) is 0 Å². The van der Waals surface area contributed by atoms with Crippen molar-refractivity contribution in [3.8, 4) is 11.8 Å². The second kappa shape index (κ2) is 5.89. The molecular formula is C13H18N2O2S. The molecule has 0 aromatic heterocycles. The Bertz CT molecular complexity index is 595. The van der Waals surface area contributed by atoms with Crippen LogP contribution in [0, 0.1) is 25.7 Å². The van der Waals surface area contributed by atoms with Gasteiger partial charge in [-0.05, 0) is 38.0 Å². The molecular weight excluding hydrogens is 248 g/mol. The third-order valence-corrected chi connectivity index (χ3v) is 4.38. The van der Waals surface area contributed by atoms with Crippen molar-refractivity contribution in [1.82, 2.24) is 4.72 Å². The molecule has 0 amide bonds. The molecule has 18 heavy (non-hydrogen) atoms. The average molecular weight is 266 g/mol. The van der Waals surface area contributed by atoms with Crippen LogP contribution >= 0.6 is 0 Å². The van der Waals surface area contributed by atoms with Crippen LogP contribution in [0.15, 0.2) is 17.0 Å². The lowest BCUT2D eigenvalue weighted by Gasteiger charge is -2.13. The molecule has 1 aromatic carbocycles. The number of rotatable bonds is 4. The molecule has 0 aliphatic heterocycles. The highest BCUT2D eigenvalue weighted by Crippen LogP contribution is 2.24. The molecule has 3 N–H and O–H groups in total. The Morgan fingerprint density at radius 3 is 2.61 bits per heavy atom. The van der Waals surface area contributed by atoms with Gasteiger partial charge < -0.3 is 5.73 Å². The van der Waals surface area contributed by atoms with Crippen molar-refractivity contribution in [2.45, 2.75) is 32.1 Å². The van der Waals surface area contributed by atoms with Crippen molar-refractivity contribution in [1.29, 1.82) is 0 Å². The minimum Gasteiger partial charge on any atom is -0.398 e. The summed E-state index contributed by atoms with van der Waals surface area (Å²) in [6.07, 6.45) is 0.496. The first kappa shape index (κ1) is 14.6. The summed E-state index contributed by atoms with van der Waals surface area (Å²) >= 11 is 0. The molecule has 1 rings (SSSR count). The van der Waals surface area contributed by atoms with Gasteiger partial charge in [0.25, 0.3) is 0 Å². The second-order valence-corrected chi connectivity index (χ2v) is 5.70. The van der Waals surface area contributed by atoms with Crippen LogP contribution in [0.1, 0.15) is 24.5 Å². The van der Waals surface area contributed by atoms with Gasteiger partial charge in [0, 0.05) is 18.7 Å². The molecule has 0 fully saturated rings. The second-order valence-electron chi connectivity index (χ2n) is 4.00. The maximum absolute atomic E-state index is 12.2. The Labute approximate surface area is 109 Å². The standard InChI is InChI=1S/C13H18N2O2S/c1-4-5-6-9-15-18(16,17)13-10(2)7-8-12(14)11(13)3/h7-8,15H,6,9,14H2,1-3H3. The first-order chi connectivity index (χ1) is 8.40. The van der Waals surface area contributed by atoms with Gasteiger partial charge in [-0.3, -0.25) is 0 Å². The van der Waals surface area contributed by atoms with Gasteiger partial charge in [0.1, 0.15) is 0 Å². The molecule has 0 saturated heterocycles. The molecule has 0 unspecified atom stereocenters. The van der Waals surface area contributed by atoms with Crippen LogP contribution in [-0.2, 0) is 10.0 Å². The van der Waals surface area contributed by atoms with Crippen molar-refractivity contribution < 1.29 is 8.42 Å². The van der Waals surface area contributed by atoms with Gasteiger partial charge in [-0.1, -0.05) is 6.07 Å². The van der Waals surface area contributed by atoms with Crippen LogP contribution in [0.4, 0.5) is 5.69 Å². The summed E-state index contributed by atoms with van der Waals surface area (Å²) in [5.41, 5.74) is 7.51. The van der Waals surface area contributed by atoms with Gasteiger partial charge in [0.2, 0.25) is 10.0 Å². The van der Waals surface area contributed by atoms with Gasteiger partial charge in [0.15, 0.2) is 0 Å². The van der Waals surface area contributed by atoms with E-state index in [1.54, 1.807) is 32.9 Å². The molecule has 0 heterocycles. The van der Waals surface area contributed by atoms with Gasteiger partial charge in [-0.15, -0.1) is 11.8 Å². The van der Waals surface area contributed by atoms with E-state index in [0.29, 0.717) is 29.8 Å². The lowest BCUT2D eigenvalue weighted by atomic mass is 10.1. The van der Waals surface area contributed by atoms with E-state index in [-0.39, 0.29) is 4.90 Å². The van der Waals surface area contributed by atoms with Gasteiger partial charge in [-0.2, -0.15) is 0 Å². The summed E-state index contributed by atoms with van der Waals surface area (Å²) in [6, 6.07) is 3.43. The Hall–Kier alpha value is -1.51. The van der Waals surface area contributed by atoms with Crippen LogP contribution in [-0.4, -0.2) is 15.0 Å². The van der Waals surface area contributed by atoms with Crippen LogP contribution in [0.25, 0.3) is 0 Å². The van der Waals surface area contributed by atoms with E-state index in [2.05, 4.69) is 16.6 Å². The molecule has 0 bridgehead atoms. The van der Waals surface area contributed by atoms with E-state index in [9.17, 15) is 8.42 Å². The van der Waals surface area contributed by atoms with Crippen LogP contribution < -0.4 is 10.5 Å².